The van der Waals surface area contributed by atoms with E-state index in [2.05, 4.69) is 30.4 Å². The molecule has 1 atom stereocenters. The van der Waals surface area contributed by atoms with Gasteiger partial charge in [-0.1, -0.05) is 20.8 Å². The third-order valence-corrected chi connectivity index (χ3v) is 1.80. The average Bonchev–Trinajstić information content (AvgIpc) is 2.08. The van der Waals surface area contributed by atoms with Crippen LogP contribution in [0.25, 0.3) is 0 Å². The summed E-state index contributed by atoms with van der Waals surface area (Å²) in [6, 6.07) is 0.381. The van der Waals surface area contributed by atoms with Gasteiger partial charge < -0.3 is 5.32 Å². The molecule has 0 saturated carbocycles. The number of rotatable bonds is 1. The fourth-order valence-electron chi connectivity index (χ4n) is 1.13. The molecule has 1 unspecified atom stereocenters. The van der Waals surface area contributed by atoms with Crippen LogP contribution in [-0.4, -0.2) is 11.9 Å². The lowest BCUT2D eigenvalue weighted by molar-refractivity contribution is 0.780. The predicted octanol–water partition coefficient (Wildman–Crippen LogP) is 2.72. The molecule has 0 radical (unpaired) electrons. The van der Waals surface area contributed by atoms with Gasteiger partial charge in [0.15, 0.2) is 0 Å². The molecule has 0 aromatic heterocycles. The van der Waals surface area contributed by atoms with Crippen molar-refractivity contribution in [2.45, 2.75) is 47.1 Å². The predicted molar refractivity (Wildman–Crippen MR) is 55.4 cm³/mol. The number of amidine groups is 1. The molecular weight excluding hydrogens is 148 g/mol. The van der Waals surface area contributed by atoms with Gasteiger partial charge in [0.2, 0.25) is 0 Å². The van der Waals surface area contributed by atoms with E-state index in [1.165, 1.54) is 5.57 Å². The first kappa shape index (κ1) is 11.2. The van der Waals surface area contributed by atoms with Crippen LogP contribution in [0, 0.1) is 0 Å². The Balaban J connectivity index is 0.000000561. The molecule has 2 heteroatoms. The summed E-state index contributed by atoms with van der Waals surface area (Å²) in [5, 5.41) is 3.10. The van der Waals surface area contributed by atoms with Gasteiger partial charge in [-0.2, -0.15) is 0 Å². The van der Waals surface area contributed by atoms with E-state index in [4.69, 9.17) is 0 Å². The fourth-order valence-corrected chi connectivity index (χ4v) is 1.13. The van der Waals surface area contributed by atoms with Crippen LogP contribution in [0.2, 0.25) is 0 Å². The molecule has 1 rings (SSSR count). The summed E-state index contributed by atoms with van der Waals surface area (Å²) < 4.78 is 0. The minimum Gasteiger partial charge on any atom is -0.351 e. The van der Waals surface area contributed by atoms with Gasteiger partial charge in [-0.25, -0.2) is 0 Å². The largest absolute Gasteiger partial charge is 0.351 e. The first-order chi connectivity index (χ1) is 5.74. The number of hydrogen-bond donors (Lipinski definition) is 1. The second-order valence-electron chi connectivity index (χ2n) is 2.61. The van der Waals surface area contributed by atoms with Crippen molar-refractivity contribution < 1.29 is 0 Å². The molecule has 1 aliphatic rings. The van der Waals surface area contributed by atoms with E-state index in [0.29, 0.717) is 6.04 Å². The zero-order valence-electron chi connectivity index (χ0n) is 8.81. The van der Waals surface area contributed by atoms with Crippen LogP contribution >= 0.6 is 0 Å². The van der Waals surface area contributed by atoms with E-state index in [1.54, 1.807) is 0 Å². The van der Waals surface area contributed by atoms with Crippen molar-refractivity contribution in [3.8, 4) is 0 Å². The van der Waals surface area contributed by atoms with Gasteiger partial charge >= 0.3 is 0 Å². The molecule has 12 heavy (non-hydrogen) atoms. The van der Waals surface area contributed by atoms with Crippen molar-refractivity contribution in [1.29, 1.82) is 0 Å². The van der Waals surface area contributed by atoms with E-state index in [-0.39, 0.29) is 0 Å². The van der Waals surface area contributed by atoms with Gasteiger partial charge in [0.25, 0.3) is 0 Å². The Bertz CT molecular complexity index is 180. The highest BCUT2D eigenvalue weighted by Crippen LogP contribution is 2.12. The minimum atomic E-state index is 0.381. The zero-order chi connectivity index (χ0) is 9.56. The number of nitrogens with one attached hydrogen (secondary N) is 1. The van der Waals surface area contributed by atoms with Gasteiger partial charge in [0.1, 0.15) is 0 Å². The van der Waals surface area contributed by atoms with Gasteiger partial charge in [0, 0.05) is 6.20 Å². The Morgan fingerprint density at radius 1 is 1.50 bits per heavy atom. The number of nitrogens with zero attached hydrogens (tertiary/aromatic N) is 1. The van der Waals surface area contributed by atoms with Crippen LogP contribution in [0.15, 0.2) is 16.8 Å². The monoisotopic (exact) mass is 168 g/mol. The van der Waals surface area contributed by atoms with Crippen LogP contribution < -0.4 is 5.32 Å². The molecule has 0 spiro atoms. The summed E-state index contributed by atoms with van der Waals surface area (Å²) in [5.74, 6) is 1.02. The first-order valence-corrected chi connectivity index (χ1v) is 4.74. The molecule has 1 heterocycles. The molecule has 2 nitrogen and oxygen atoms in total. The van der Waals surface area contributed by atoms with E-state index in [1.807, 2.05) is 20.8 Å². The zero-order valence-corrected chi connectivity index (χ0v) is 8.81. The number of aliphatic imine (C=N–C) groups is 1. The maximum atomic E-state index is 4.37. The lowest BCUT2D eigenvalue weighted by Crippen LogP contribution is -2.23. The molecule has 70 valence electrons. The van der Waals surface area contributed by atoms with Crippen molar-refractivity contribution in [2.75, 3.05) is 0 Å². The summed E-state index contributed by atoms with van der Waals surface area (Å²) in [6.45, 7) is 10.3. The minimum absolute atomic E-state index is 0.381. The summed E-state index contributed by atoms with van der Waals surface area (Å²) >= 11 is 0. The second kappa shape index (κ2) is 5.81. The van der Waals surface area contributed by atoms with Gasteiger partial charge in [-0.3, -0.25) is 4.99 Å². The van der Waals surface area contributed by atoms with Gasteiger partial charge in [-0.05, 0) is 25.8 Å². The standard InChI is InChI=1S/C8H14N2.C2H6/c1-4-8-5-9-7(3)10-6(8)2;1-2/h5-6H,4H2,1-3H3,(H,9,10);1-2H3. The van der Waals surface area contributed by atoms with Crippen molar-refractivity contribution >= 4 is 5.84 Å². The summed E-state index contributed by atoms with van der Waals surface area (Å²) in [6.07, 6.45) is 3.15. The van der Waals surface area contributed by atoms with Crippen LogP contribution in [0.1, 0.15) is 41.0 Å². The molecule has 0 fully saturated rings. The molecule has 0 aromatic carbocycles. The van der Waals surface area contributed by atoms with Crippen molar-refractivity contribution in [3.63, 3.8) is 0 Å². The Morgan fingerprint density at radius 2 is 2.08 bits per heavy atom. The van der Waals surface area contributed by atoms with E-state index in [0.717, 1.165) is 12.3 Å². The van der Waals surface area contributed by atoms with E-state index in [9.17, 15) is 0 Å². The molecule has 0 aromatic rings. The van der Waals surface area contributed by atoms with Crippen LogP contribution in [0.4, 0.5) is 0 Å². The molecule has 1 N–H and O–H groups in total. The summed E-state index contributed by atoms with van der Waals surface area (Å²) in [4.78, 5) is 4.37. The normalized spacial score (nSPS) is 21.2. The van der Waals surface area contributed by atoms with Crippen LogP contribution in [-0.2, 0) is 0 Å². The molecule has 0 amide bonds. The lowest BCUT2D eigenvalue weighted by Gasteiger charge is -2.17. The number of hydrogen-bond acceptors (Lipinski definition) is 2. The smallest absolute Gasteiger partial charge is 0.0978 e. The molecule has 1 aliphatic heterocycles. The highest BCUT2D eigenvalue weighted by molar-refractivity contribution is 5.81. The Morgan fingerprint density at radius 3 is 2.50 bits per heavy atom. The second-order valence-corrected chi connectivity index (χ2v) is 2.61. The highest BCUT2D eigenvalue weighted by Gasteiger charge is 2.08. The van der Waals surface area contributed by atoms with E-state index < -0.39 is 0 Å². The molecule has 0 bridgehead atoms. The van der Waals surface area contributed by atoms with Crippen LogP contribution in [0.5, 0.6) is 0 Å². The SMILES string of the molecule is CC.CCC1=CNC(C)=NC1C. The van der Waals surface area contributed by atoms with Crippen molar-refractivity contribution in [1.82, 2.24) is 5.32 Å². The molecular formula is C10H20N2. The third kappa shape index (κ3) is 3.07. The maximum absolute atomic E-state index is 4.37. The van der Waals surface area contributed by atoms with Crippen molar-refractivity contribution in [3.05, 3.63) is 11.8 Å². The van der Waals surface area contributed by atoms with E-state index >= 15 is 0 Å². The summed E-state index contributed by atoms with van der Waals surface area (Å²) in [5.41, 5.74) is 1.38. The maximum Gasteiger partial charge on any atom is 0.0978 e. The fraction of sp³-hybridized carbons (Fsp3) is 0.700. The highest BCUT2D eigenvalue weighted by atomic mass is 15.0. The van der Waals surface area contributed by atoms with Crippen molar-refractivity contribution in [2.24, 2.45) is 4.99 Å². The Hall–Kier alpha value is -0.790. The Kier molecular flexibility index (Phi) is 5.43. The average molecular weight is 168 g/mol. The van der Waals surface area contributed by atoms with Gasteiger partial charge in [0.05, 0.1) is 11.9 Å². The third-order valence-electron chi connectivity index (χ3n) is 1.80. The first-order valence-electron chi connectivity index (χ1n) is 4.74. The topological polar surface area (TPSA) is 24.4 Å². The van der Waals surface area contributed by atoms with Crippen LogP contribution in [0.3, 0.4) is 0 Å². The molecule has 0 saturated heterocycles. The quantitative estimate of drug-likeness (QED) is 0.639. The molecule has 0 aliphatic carbocycles. The Labute approximate surface area is 75.8 Å². The van der Waals surface area contributed by atoms with Gasteiger partial charge in [-0.15, -0.1) is 0 Å². The lowest BCUT2D eigenvalue weighted by atomic mass is 10.1. The summed E-state index contributed by atoms with van der Waals surface area (Å²) in [7, 11) is 0.